The van der Waals surface area contributed by atoms with Crippen molar-refractivity contribution in [3.05, 3.63) is 45.7 Å². The molecule has 1 aromatic carbocycles. The Kier molecular flexibility index (Phi) is 5.36. The highest BCUT2D eigenvalue weighted by Gasteiger charge is 2.33. The van der Waals surface area contributed by atoms with Crippen LogP contribution in [0.25, 0.3) is 11.0 Å². The highest BCUT2D eigenvalue weighted by atomic mass is 35.5. The van der Waals surface area contributed by atoms with E-state index in [1.54, 1.807) is 10.7 Å². The third-order valence-electron chi connectivity index (χ3n) is 5.58. The lowest BCUT2D eigenvalue weighted by Crippen LogP contribution is -2.16. The van der Waals surface area contributed by atoms with Crippen LogP contribution in [-0.2, 0) is 4.79 Å². The van der Waals surface area contributed by atoms with Crippen molar-refractivity contribution in [3.8, 4) is 5.75 Å². The van der Waals surface area contributed by atoms with Gasteiger partial charge in [-0.25, -0.2) is 19.0 Å². The summed E-state index contributed by atoms with van der Waals surface area (Å²) in [6.07, 6.45) is 1.70. The fourth-order valence-corrected chi connectivity index (χ4v) is 4.38. The molecular formula is C21H23ClFN5O2. The second-order valence-corrected chi connectivity index (χ2v) is 7.91. The van der Waals surface area contributed by atoms with Crippen molar-refractivity contribution in [1.82, 2.24) is 25.1 Å². The number of rotatable bonds is 5. The smallest absolute Gasteiger partial charge is 0.220 e. The van der Waals surface area contributed by atoms with E-state index in [1.807, 2.05) is 27.7 Å². The number of benzene rings is 1. The van der Waals surface area contributed by atoms with E-state index in [1.165, 1.54) is 6.33 Å². The molecule has 1 amide bonds. The van der Waals surface area contributed by atoms with Gasteiger partial charge in [-0.1, -0.05) is 11.6 Å². The summed E-state index contributed by atoms with van der Waals surface area (Å²) in [5, 5.41) is 8.32. The molecule has 1 aliphatic heterocycles. The Labute approximate surface area is 178 Å². The number of carbonyl (C=O) groups is 1. The van der Waals surface area contributed by atoms with Crippen molar-refractivity contribution in [2.75, 3.05) is 13.2 Å². The Morgan fingerprint density at radius 2 is 2.13 bits per heavy atom. The SMILES string of the molecule is CCOc1c(C(C)n2nc(C)c3c(C)ncnc32)cc(Cl)c(F)c1C1CNC(=O)C1. The third kappa shape index (κ3) is 3.29. The number of fused-ring (bicyclic) bond motifs is 1. The Bertz CT molecular complexity index is 1150. The fourth-order valence-electron chi connectivity index (χ4n) is 4.16. The minimum atomic E-state index is -0.544. The molecule has 2 unspecified atom stereocenters. The summed E-state index contributed by atoms with van der Waals surface area (Å²) in [5.74, 6) is -0.584. The van der Waals surface area contributed by atoms with Gasteiger partial charge >= 0.3 is 0 Å². The van der Waals surface area contributed by atoms with Crippen molar-refractivity contribution in [2.24, 2.45) is 0 Å². The number of hydrogen-bond acceptors (Lipinski definition) is 5. The second kappa shape index (κ2) is 7.83. The van der Waals surface area contributed by atoms with Gasteiger partial charge in [-0.05, 0) is 33.8 Å². The second-order valence-electron chi connectivity index (χ2n) is 7.51. The van der Waals surface area contributed by atoms with E-state index in [-0.39, 0.29) is 29.3 Å². The number of nitrogens with zero attached hydrogens (tertiary/aromatic N) is 4. The summed E-state index contributed by atoms with van der Waals surface area (Å²) in [6, 6.07) is 1.25. The molecule has 2 aromatic heterocycles. The van der Waals surface area contributed by atoms with Crippen LogP contribution in [0.1, 0.15) is 54.7 Å². The van der Waals surface area contributed by atoms with E-state index in [9.17, 15) is 4.79 Å². The molecule has 4 rings (SSSR count). The maximum atomic E-state index is 15.1. The average molecular weight is 432 g/mol. The molecule has 0 bridgehead atoms. The summed E-state index contributed by atoms with van der Waals surface area (Å²) in [6.45, 7) is 8.30. The van der Waals surface area contributed by atoms with Crippen molar-refractivity contribution in [3.63, 3.8) is 0 Å². The van der Waals surface area contributed by atoms with Crippen LogP contribution in [0.15, 0.2) is 12.4 Å². The molecule has 0 saturated carbocycles. The highest BCUT2D eigenvalue weighted by Crippen LogP contribution is 2.42. The van der Waals surface area contributed by atoms with Crippen molar-refractivity contribution < 1.29 is 13.9 Å². The minimum absolute atomic E-state index is 0.00589. The predicted octanol–water partition coefficient (Wildman–Crippen LogP) is 3.85. The van der Waals surface area contributed by atoms with E-state index in [0.717, 1.165) is 16.8 Å². The zero-order valence-corrected chi connectivity index (χ0v) is 18.0. The van der Waals surface area contributed by atoms with Crippen LogP contribution >= 0.6 is 11.6 Å². The molecule has 7 nitrogen and oxygen atoms in total. The monoisotopic (exact) mass is 431 g/mol. The van der Waals surface area contributed by atoms with Gasteiger partial charge in [0.2, 0.25) is 5.91 Å². The molecule has 30 heavy (non-hydrogen) atoms. The van der Waals surface area contributed by atoms with Gasteiger partial charge in [-0.2, -0.15) is 5.10 Å². The van der Waals surface area contributed by atoms with Gasteiger partial charge < -0.3 is 10.1 Å². The molecule has 3 heterocycles. The summed E-state index contributed by atoms with van der Waals surface area (Å²) in [5.41, 5.74) is 3.37. The van der Waals surface area contributed by atoms with E-state index in [0.29, 0.717) is 35.7 Å². The Morgan fingerprint density at radius 1 is 1.37 bits per heavy atom. The molecule has 2 atom stereocenters. The predicted molar refractivity (Wildman–Crippen MR) is 112 cm³/mol. The zero-order valence-electron chi connectivity index (χ0n) is 17.3. The maximum absolute atomic E-state index is 15.1. The number of carbonyl (C=O) groups excluding carboxylic acids is 1. The number of nitrogens with one attached hydrogen (secondary N) is 1. The first-order chi connectivity index (χ1) is 14.3. The molecule has 1 N–H and O–H groups in total. The van der Waals surface area contributed by atoms with Crippen molar-refractivity contribution in [1.29, 1.82) is 0 Å². The van der Waals surface area contributed by atoms with Crippen molar-refractivity contribution in [2.45, 2.75) is 46.1 Å². The third-order valence-corrected chi connectivity index (χ3v) is 5.85. The van der Waals surface area contributed by atoms with E-state index >= 15 is 4.39 Å². The van der Waals surface area contributed by atoms with Crippen LogP contribution < -0.4 is 10.1 Å². The topological polar surface area (TPSA) is 81.9 Å². The first-order valence-corrected chi connectivity index (χ1v) is 10.3. The molecule has 0 spiro atoms. The Balaban J connectivity index is 1.91. The van der Waals surface area contributed by atoms with Crippen LogP contribution in [0.3, 0.4) is 0 Å². The first kappa shape index (κ1) is 20.5. The van der Waals surface area contributed by atoms with Crippen LogP contribution in [0.2, 0.25) is 5.02 Å². The summed E-state index contributed by atoms with van der Waals surface area (Å²) in [4.78, 5) is 20.5. The number of aromatic nitrogens is 4. The van der Waals surface area contributed by atoms with Crippen LogP contribution in [0.5, 0.6) is 5.75 Å². The highest BCUT2D eigenvalue weighted by molar-refractivity contribution is 6.31. The summed E-state index contributed by atoms with van der Waals surface area (Å²) >= 11 is 6.29. The van der Waals surface area contributed by atoms with Crippen molar-refractivity contribution >= 4 is 28.5 Å². The van der Waals surface area contributed by atoms with Gasteiger partial charge in [0, 0.05) is 30.0 Å². The van der Waals surface area contributed by atoms with Crippen LogP contribution in [0.4, 0.5) is 4.39 Å². The van der Waals surface area contributed by atoms with E-state index in [4.69, 9.17) is 16.3 Å². The minimum Gasteiger partial charge on any atom is -0.493 e. The van der Waals surface area contributed by atoms with Crippen LogP contribution in [-0.4, -0.2) is 38.8 Å². The number of halogens is 2. The average Bonchev–Trinajstić information content (AvgIpc) is 3.28. The molecule has 3 aromatic rings. The molecular weight excluding hydrogens is 409 g/mol. The van der Waals surface area contributed by atoms with Gasteiger partial charge in [0.05, 0.1) is 34.4 Å². The molecule has 0 aliphatic carbocycles. The van der Waals surface area contributed by atoms with Gasteiger partial charge in [-0.15, -0.1) is 0 Å². The molecule has 0 radical (unpaired) electrons. The molecule has 9 heteroatoms. The lowest BCUT2D eigenvalue weighted by Gasteiger charge is -2.23. The fraction of sp³-hybridized carbons (Fsp3) is 0.429. The van der Waals surface area contributed by atoms with Gasteiger partial charge in [0.15, 0.2) is 5.65 Å². The van der Waals surface area contributed by atoms with Gasteiger partial charge in [0.25, 0.3) is 0 Å². The Morgan fingerprint density at radius 3 is 2.80 bits per heavy atom. The molecule has 1 fully saturated rings. The first-order valence-electron chi connectivity index (χ1n) is 9.91. The summed E-state index contributed by atoms with van der Waals surface area (Å²) in [7, 11) is 0. The lowest BCUT2D eigenvalue weighted by atomic mass is 9.92. The number of ether oxygens (including phenoxy) is 1. The van der Waals surface area contributed by atoms with E-state index in [2.05, 4.69) is 20.4 Å². The summed E-state index contributed by atoms with van der Waals surface area (Å²) < 4.78 is 22.8. The maximum Gasteiger partial charge on any atom is 0.220 e. The normalized spacial score (nSPS) is 17.4. The molecule has 158 valence electrons. The number of aryl methyl sites for hydroxylation is 2. The largest absolute Gasteiger partial charge is 0.493 e. The zero-order chi connectivity index (χ0) is 21.6. The molecule has 1 saturated heterocycles. The van der Waals surface area contributed by atoms with Gasteiger partial charge in [-0.3, -0.25) is 4.79 Å². The van der Waals surface area contributed by atoms with Gasteiger partial charge in [0.1, 0.15) is 17.9 Å². The van der Waals surface area contributed by atoms with Crippen LogP contribution in [0, 0.1) is 19.7 Å². The number of amides is 1. The standard InChI is InChI=1S/C21H23ClFN5O2/c1-5-30-20-14(7-15(22)19(23)18(20)13-6-16(29)24-8-13)12(4)28-21-17(11(3)27-28)10(2)25-9-26-21/h7,9,12-13H,5-6,8H2,1-4H3,(H,24,29). The van der Waals surface area contributed by atoms with E-state index < -0.39 is 5.82 Å². The number of hydrogen-bond donors (Lipinski definition) is 1. The Hall–Kier alpha value is -2.74. The molecule has 1 aliphatic rings. The lowest BCUT2D eigenvalue weighted by molar-refractivity contribution is -0.119. The quantitative estimate of drug-likeness (QED) is 0.663.